The molecule has 130 valence electrons. The highest BCUT2D eigenvalue weighted by Gasteiger charge is 2.49. The summed E-state index contributed by atoms with van der Waals surface area (Å²) in [6.07, 6.45) is 0.987. The predicted octanol–water partition coefficient (Wildman–Crippen LogP) is 4.83. The van der Waals surface area contributed by atoms with E-state index in [0.29, 0.717) is 12.9 Å². The molecule has 1 aliphatic rings. The number of carbonyl (C=O) groups excluding carboxylic acids is 1. The number of H-pyrrole nitrogens is 1. The third kappa shape index (κ3) is 2.41. The summed E-state index contributed by atoms with van der Waals surface area (Å²) >= 11 is 0. The van der Waals surface area contributed by atoms with Gasteiger partial charge in [-0.05, 0) is 41.9 Å². The Kier molecular flexibility index (Phi) is 3.70. The third-order valence-electron chi connectivity index (χ3n) is 5.27. The molecule has 0 fully saturated rings. The molecular weight excluding hydrogens is 298 g/mol. The van der Waals surface area contributed by atoms with Crippen LogP contribution in [0.15, 0.2) is 12.1 Å². The molecule has 1 aromatic carbocycles. The Morgan fingerprint density at radius 2 is 2.17 bits per heavy atom. The molecule has 1 N–H and O–H groups in total. The van der Waals surface area contributed by atoms with Crippen LogP contribution < -0.4 is 0 Å². The summed E-state index contributed by atoms with van der Waals surface area (Å²) in [5.74, 6) is 0. The lowest BCUT2D eigenvalue weighted by Crippen LogP contribution is -2.46. The molecular formula is C21H29NO2. The second-order valence-electron chi connectivity index (χ2n) is 7.80. The molecule has 0 saturated heterocycles. The monoisotopic (exact) mass is 329 g/mol. The van der Waals surface area contributed by atoms with Crippen LogP contribution in [-0.2, 0) is 28.0 Å². The highest BCUT2D eigenvalue weighted by Crippen LogP contribution is 2.49. The van der Waals surface area contributed by atoms with Gasteiger partial charge in [-0.1, -0.05) is 46.2 Å². The van der Waals surface area contributed by atoms with E-state index in [1.54, 1.807) is 0 Å². The van der Waals surface area contributed by atoms with Crippen LogP contribution in [0.5, 0.6) is 0 Å². The largest absolute Gasteiger partial charge is 0.367 e. The Labute approximate surface area is 147 Å². The van der Waals surface area contributed by atoms with Gasteiger partial charge in [0, 0.05) is 20.0 Å². The van der Waals surface area contributed by atoms with E-state index in [-0.39, 0.29) is 0 Å². The van der Waals surface area contributed by atoms with E-state index in [1.807, 2.05) is 20.8 Å². The molecule has 0 saturated carbocycles. The Morgan fingerprint density at radius 3 is 2.79 bits per heavy atom. The number of aldehydes is 1. The summed E-state index contributed by atoms with van der Waals surface area (Å²) in [6.45, 7) is 10.5. The van der Waals surface area contributed by atoms with Crippen LogP contribution in [0.25, 0.3) is 10.9 Å². The van der Waals surface area contributed by atoms with Crippen molar-refractivity contribution in [2.24, 2.45) is 5.41 Å². The minimum absolute atomic E-state index is 0.400. The van der Waals surface area contributed by atoms with Crippen molar-refractivity contribution in [3.8, 4) is 0 Å². The summed E-state index contributed by atoms with van der Waals surface area (Å²) in [6, 6.07) is 4.26. The van der Waals surface area contributed by atoms with Gasteiger partial charge in [-0.15, -0.1) is 0 Å². The second kappa shape index (κ2) is 6.03. The molecule has 3 heteroatoms. The Balaban J connectivity index is 2.40. The lowest BCUT2D eigenvalue weighted by molar-refractivity contribution is -0.147. The number of rotatable bonds is 4. The van der Waals surface area contributed by atoms with Crippen LogP contribution in [0.1, 0.15) is 65.6 Å². The van der Waals surface area contributed by atoms with Gasteiger partial charge in [0.1, 0.15) is 11.9 Å². The van der Waals surface area contributed by atoms with E-state index in [1.165, 1.54) is 11.1 Å². The molecule has 24 heavy (non-hydrogen) atoms. The normalized spacial score (nSPS) is 22.9. The number of aryl methyl sites for hydroxylation is 2. The highest BCUT2D eigenvalue weighted by molar-refractivity contribution is 5.89. The Bertz CT molecular complexity index is 848. The molecule has 0 bridgehead atoms. The fraction of sp³-hybridized carbons (Fsp3) is 0.571. The zero-order chi connectivity index (χ0) is 19.3. The van der Waals surface area contributed by atoms with E-state index < -0.39 is 17.4 Å². The van der Waals surface area contributed by atoms with Gasteiger partial charge in [-0.2, -0.15) is 0 Å². The SMILES string of the molecule is [2H]C([2H])(C=O)[C@@]1(C(C)(C)C)OCCc2c1[nH]c1c(CCC)c(C)ccc21. The first-order valence-corrected chi connectivity index (χ1v) is 8.84. The van der Waals surface area contributed by atoms with Gasteiger partial charge in [0.25, 0.3) is 0 Å². The molecule has 0 spiro atoms. The van der Waals surface area contributed by atoms with E-state index in [4.69, 9.17) is 7.48 Å². The number of ether oxygens (including phenoxy) is 1. The first-order chi connectivity index (χ1) is 12.1. The Hall–Kier alpha value is -1.61. The smallest absolute Gasteiger partial charge is 0.123 e. The standard InChI is InChI=1S/C21H29NO2/c1-6-7-15-14(2)8-9-16-17-10-13-24-21(11-12-23,20(3,4)5)19(17)22-18(15)16/h8-9,12,22H,6-7,10-11,13H2,1-5H3/t21-/m1/s1/i11D2. The topological polar surface area (TPSA) is 42.1 Å². The van der Waals surface area contributed by atoms with Crippen molar-refractivity contribution >= 4 is 17.2 Å². The third-order valence-corrected chi connectivity index (χ3v) is 5.27. The van der Waals surface area contributed by atoms with E-state index >= 15 is 0 Å². The molecule has 0 radical (unpaired) electrons. The molecule has 2 aromatic rings. The number of aromatic nitrogens is 1. The lowest BCUT2D eigenvalue weighted by atomic mass is 9.70. The number of fused-ring (bicyclic) bond motifs is 3. The van der Waals surface area contributed by atoms with Crippen LogP contribution in [0, 0.1) is 12.3 Å². The number of carbonyl (C=O) groups is 1. The molecule has 0 unspecified atom stereocenters. The number of hydrogen-bond donors (Lipinski definition) is 1. The minimum Gasteiger partial charge on any atom is -0.367 e. The maximum Gasteiger partial charge on any atom is 0.123 e. The predicted molar refractivity (Wildman–Crippen MR) is 98.5 cm³/mol. The highest BCUT2D eigenvalue weighted by atomic mass is 16.5. The number of hydrogen-bond acceptors (Lipinski definition) is 2. The van der Waals surface area contributed by atoms with Gasteiger partial charge in [-0.25, -0.2) is 0 Å². The van der Waals surface area contributed by atoms with Crippen molar-refractivity contribution in [1.82, 2.24) is 4.98 Å². The quantitative estimate of drug-likeness (QED) is 0.816. The van der Waals surface area contributed by atoms with Gasteiger partial charge < -0.3 is 14.5 Å². The summed E-state index contributed by atoms with van der Waals surface area (Å²) < 4.78 is 23.2. The first-order valence-electron chi connectivity index (χ1n) is 9.84. The zero-order valence-electron chi connectivity index (χ0n) is 17.4. The van der Waals surface area contributed by atoms with Crippen LogP contribution in [0.2, 0.25) is 0 Å². The molecule has 0 aliphatic carbocycles. The molecule has 3 nitrogen and oxygen atoms in total. The van der Waals surface area contributed by atoms with Crippen LogP contribution in [0.3, 0.4) is 0 Å². The molecule has 3 rings (SSSR count). The molecule has 2 heterocycles. The number of aromatic amines is 1. The van der Waals surface area contributed by atoms with Crippen LogP contribution in [0.4, 0.5) is 0 Å². The van der Waals surface area contributed by atoms with Gasteiger partial charge in [0.05, 0.1) is 12.3 Å². The van der Waals surface area contributed by atoms with Crippen LogP contribution in [-0.4, -0.2) is 17.9 Å². The van der Waals surface area contributed by atoms with Crippen molar-refractivity contribution < 1.29 is 12.3 Å². The van der Waals surface area contributed by atoms with Crippen molar-refractivity contribution in [1.29, 1.82) is 0 Å². The first kappa shape index (κ1) is 14.7. The van der Waals surface area contributed by atoms with Crippen molar-refractivity contribution in [2.45, 2.75) is 65.9 Å². The summed E-state index contributed by atoms with van der Waals surface area (Å²) in [5.41, 5.74) is 3.44. The molecule has 0 amide bonds. The maximum atomic E-state index is 11.8. The fourth-order valence-electron chi connectivity index (χ4n) is 4.00. The lowest BCUT2D eigenvalue weighted by Gasteiger charge is -2.46. The van der Waals surface area contributed by atoms with Crippen molar-refractivity contribution in [2.75, 3.05) is 6.61 Å². The minimum atomic E-state index is -2.14. The Morgan fingerprint density at radius 1 is 1.42 bits per heavy atom. The average molecular weight is 329 g/mol. The van der Waals surface area contributed by atoms with Crippen LogP contribution >= 0.6 is 0 Å². The molecule has 1 aromatic heterocycles. The summed E-state index contributed by atoms with van der Waals surface area (Å²) in [4.78, 5) is 15.3. The molecule has 1 aliphatic heterocycles. The second-order valence-corrected chi connectivity index (χ2v) is 7.80. The molecule has 1 atom stereocenters. The number of nitrogens with one attached hydrogen (secondary N) is 1. The van der Waals surface area contributed by atoms with E-state index in [0.717, 1.165) is 41.4 Å². The van der Waals surface area contributed by atoms with Gasteiger partial charge in [-0.3, -0.25) is 0 Å². The van der Waals surface area contributed by atoms with Gasteiger partial charge >= 0.3 is 0 Å². The average Bonchev–Trinajstić information content (AvgIpc) is 2.95. The van der Waals surface area contributed by atoms with Gasteiger partial charge in [0.2, 0.25) is 0 Å². The van der Waals surface area contributed by atoms with Crippen molar-refractivity contribution in [3.05, 3.63) is 34.5 Å². The maximum absolute atomic E-state index is 11.8. The zero-order valence-corrected chi connectivity index (χ0v) is 15.4. The summed E-state index contributed by atoms with van der Waals surface area (Å²) in [5, 5.41) is 1.13. The number of benzene rings is 1. The fourth-order valence-corrected chi connectivity index (χ4v) is 4.00. The summed E-state index contributed by atoms with van der Waals surface area (Å²) in [7, 11) is 0. The van der Waals surface area contributed by atoms with Gasteiger partial charge in [0.15, 0.2) is 0 Å². The van der Waals surface area contributed by atoms with Crippen molar-refractivity contribution in [3.63, 3.8) is 0 Å². The van der Waals surface area contributed by atoms with E-state index in [2.05, 4.69) is 31.0 Å². The van der Waals surface area contributed by atoms with E-state index in [9.17, 15) is 4.79 Å².